The molecule has 0 unspecified atom stereocenters. The first-order valence-corrected chi connectivity index (χ1v) is 11.5. The molecule has 35 heavy (non-hydrogen) atoms. The van der Waals surface area contributed by atoms with Gasteiger partial charge in [-0.15, -0.1) is 0 Å². The van der Waals surface area contributed by atoms with Crippen LogP contribution in [0.15, 0.2) is 48.5 Å². The fraction of sp³-hybridized carbons (Fsp3) is 0.370. The summed E-state index contributed by atoms with van der Waals surface area (Å²) in [6.45, 7) is 9.58. The quantitative estimate of drug-likeness (QED) is 0.331. The van der Waals surface area contributed by atoms with Gasteiger partial charge in [0.2, 0.25) is 0 Å². The van der Waals surface area contributed by atoms with Gasteiger partial charge in [0.05, 0.1) is 6.61 Å². The molecule has 2 aromatic carbocycles. The Hall–Kier alpha value is -3.81. The van der Waals surface area contributed by atoms with Crippen molar-refractivity contribution in [3.63, 3.8) is 0 Å². The molecule has 8 nitrogen and oxygen atoms in total. The van der Waals surface area contributed by atoms with E-state index in [-0.39, 0.29) is 30.4 Å². The largest absolute Gasteiger partial charge is 0.490 e. The number of rotatable bonds is 13. The van der Waals surface area contributed by atoms with Gasteiger partial charge in [-0.05, 0) is 82.7 Å². The smallest absolute Gasteiger partial charge is 0.341 e. The van der Waals surface area contributed by atoms with Crippen LogP contribution in [0.4, 0.5) is 0 Å². The highest BCUT2D eigenvalue weighted by molar-refractivity contribution is 6.06. The molecule has 0 saturated heterocycles. The Morgan fingerprint density at radius 2 is 1.54 bits per heavy atom. The van der Waals surface area contributed by atoms with Gasteiger partial charge in [0, 0.05) is 17.6 Å². The maximum atomic E-state index is 12.6. The van der Waals surface area contributed by atoms with Crippen LogP contribution < -0.4 is 14.2 Å². The SMILES string of the molecule is CCOc1cc(/C=C/C(=O)c2ccc(OCC(=O)O)cc2)ccc1OCC(=O)N(C(C)C)C(C)C. The maximum absolute atomic E-state index is 12.6. The Labute approximate surface area is 206 Å². The number of ketones is 1. The monoisotopic (exact) mass is 483 g/mol. The molecule has 2 aromatic rings. The normalized spacial score (nSPS) is 11.1. The van der Waals surface area contributed by atoms with Crippen LogP contribution in [0, 0.1) is 0 Å². The summed E-state index contributed by atoms with van der Waals surface area (Å²) in [5.74, 6) is -0.0973. The Morgan fingerprint density at radius 3 is 2.11 bits per heavy atom. The molecule has 0 aliphatic rings. The van der Waals surface area contributed by atoms with E-state index in [4.69, 9.17) is 19.3 Å². The molecule has 1 amide bonds. The molecule has 188 valence electrons. The minimum atomic E-state index is -1.07. The van der Waals surface area contributed by atoms with Gasteiger partial charge in [-0.1, -0.05) is 12.1 Å². The van der Waals surface area contributed by atoms with Crippen molar-refractivity contribution in [3.05, 3.63) is 59.7 Å². The summed E-state index contributed by atoms with van der Waals surface area (Å²) in [5, 5.41) is 8.66. The van der Waals surface area contributed by atoms with E-state index in [1.807, 2.05) is 34.6 Å². The van der Waals surface area contributed by atoms with Crippen molar-refractivity contribution in [2.75, 3.05) is 19.8 Å². The zero-order valence-electron chi connectivity index (χ0n) is 20.8. The summed E-state index contributed by atoms with van der Waals surface area (Å²) in [6.07, 6.45) is 3.10. The zero-order chi connectivity index (χ0) is 26.0. The van der Waals surface area contributed by atoms with Crippen LogP contribution in [0.2, 0.25) is 0 Å². The number of ether oxygens (including phenoxy) is 3. The fourth-order valence-electron chi connectivity index (χ4n) is 3.53. The summed E-state index contributed by atoms with van der Waals surface area (Å²) < 4.78 is 16.5. The number of carboxylic acids is 1. The van der Waals surface area contributed by atoms with Crippen LogP contribution in [0.3, 0.4) is 0 Å². The average molecular weight is 484 g/mol. The highest BCUT2D eigenvalue weighted by atomic mass is 16.5. The number of aliphatic carboxylic acids is 1. The molecule has 8 heteroatoms. The minimum absolute atomic E-state index is 0.0657. The molecule has 0 radical (unpaired) electrons. The van der Waals surface area contributed by atoms with E-state index in [0.29, 0.717) is 29.4 Å². The lowest BCUT2D eigenvalue weighted by Gasteiger charge is -2.30. The lowest BCUT2D eigenvalue weighted by atomic mass is 10.1. The standard InChI is InChI=1S/C27H33NO7/c1-6-33-25-15-20(8-14-24(25)35-16-26(30)28(18(2)3)19(4)5)7-13-23(29)21-9-11-22(12-10-21)34-17-27(31)32/h7-15,18-19H,6,16-17H2,1-5H3,(H,31,32)/b13-7+. The minimum Gasteiger partial charge on any atom is -0.490 e. The molecule has 0 atom stereocenters. The number of amides is 1. The van der Waals surface area contributed by atoms with Gasteiger partial charge >= 0.3 is 5.97 Å². The highest BCUT2D eigenvalue weighted by Gasteiger charge is 2.21. The summed E-state index contributed by atoms with van der Waals surface area (Å²) >= 11 is 0. The Bertz CT molecular complexity index is 1030. The first kappa shape index (κ1) is 27.4. The predicted molar refractivity (Wildman–Crippen MR) is 133 cm³/mol. The topological polar surface area (TPSA) is 102 Å². The van der Waals surface area contributed by atoms with Crippen LogP contribution in [0.5, 0.6) is 17.2 Å². The molecule has 0 spiro atoms. The van der Waals surface area contributed by atoms with Crippen molar-refractivity contribution < 1.29 is 33.7 Å². The van der Waals surface area contributed by atoms with E-state index in [0.717, 1.165) is 5.56 Å². The molecule has 0 bridgehead atoms. The van der Waals surface area contributed by atoms with Crippen molar-refractivity contribution in [3.8, 4) is 17.2 Å². The number of carboxylic acid groups (broad SMARTS) is 1. The third-order valence-electron chi connectivity index (χ3n) is 4.95. The number of hydrogen-bond donors (Lipinski definition) is 1. The summed E-state index contributed by atoms with van der Waals surface area (Å²) in [5.41, 5.74) is 1.17. The van der Waals surface area contributed by atoms with Gasteiger partial charge in [-0.2, -0.15) is 0 Å². The van der Waals surface area contributed by atoms with Crippen molar-refractivity contribution in [1.82, 2.24) is 4.90 Å². The van der Waals surface area contributed by atoms with Crippen LogP contribution in [-0.4, -0.2) is 59.6 Å². The van der Waals surface area contributed by atoms with E-state index in [2.05, 4.69) is 0 Å². The van der Waals surface area contributed by atoms with Gasteiger partial charge in [0.25, 0.3) is 5.91 Å². The molecule has 1 N–H and O–H groups in total. The van der Waals surface area contributed by atoms with E-state index >= 15 is 0 Å². The van der Waals surface area contributed by atoms with Crippen molar-refractivity contribution in [2.45, 2.75) is 46.7 Å². The van der Waals surface area contributed by atoms with Gasteiger partial charge in [-0.25, -0.2) is 4.79 Å². The second-order valence-corrected chi connectivity index (χ2v) is 8.32. The molecule has 0 fully saturated rings. The lowest BCUT2D eigenvalue weighted by Crippen LogP contribution is -2.44. The lowest BCUT2D eigenvalue weighted by molar-refractivity contribution is -0.139. The first-order valence-electron chi connectivity index (χ1n) is 11.5. The third kappa shape index (κ3) is 8.48. The Morgan fingerprint density at radius 1 is 0.886 bits per heavy atom. The van der Waals surface area contributed by atoms with E-state index in [9.17, 15) is 14.4 Å². The zero-order valence-corrected chi connectivity index (χ0v) is 20.8. The maximum Gasteiger partial charge on any atom is 0.341 e. The number of allylic oxidation sites excluding steroid dienone is 1. The van der Waals surface area contributed by atoms with E-state index in [1.165, 1.54) is 6.08 Å². The van der Waals surface area contributed by atoms with Gasteiger partial charge in [0.15, 0.2) is 30.5 Å². The van der Waals surface area contributed by atoms with Crippen molar-refractivity contribution >= 4 is 23.7 Å². The first-order chi connectivity index (χ1) is 16.6. The second-order valence-electron chi connectivity index (χ2n) is 8.32. The van der Waals surface area contributed by atoms with Gasteiger partial charge in [-0.3, -0.25) is 9.59 Å². The molecule has 0 aliphatic carbocycles. The van der Waals surface area contributed by atoms with Crippen LogP contribution in [0.25, 0.3) is 6.08 Å². The Balaban J connectivity index is 2.08. The third-order valence-corrected chi connectivity index (χ3v) is 4.95. The molecule has 0 aliphatic heterocycles. The molecule has 2 rings (SSSR count). The molecular weight excluding hydrogens is 450 g/mol. The molecule has 0 saturated carbocycles. The second kappa shape index (κ2) is 13.2. The van der Waals surface area contributed by atoms with Crippen molar-refractivity contribution in [1.29, 1.82) is 0 Å². The summed E-state index contributed by atoms with van der Waals surface area (Å²) in [6, 6.07) is 11.6. The molecule has 0 heterocycles. The number of hydrogen-bond acceptors (Lipinski definition) is 6. The summed E-state index contributed by atoms with van der Waals surface area (Å²) in [4.78, 5) is 37.5. The Kier molecular flexibility index (Phi) is 10.3. The number of benzene rings is 2. The molecule has 0 aromatic heterocycles. The number of nitrogens with zero attached hydrogens (tertiary/aromatic N) is 1. The highest BCUT2D eigenvalue weighted by Crippen LogP contribution is 2.29. The number of carbonyl (C=O) groups is 3. The van der Waals surface area contributed by atoms with Gasteiger partial charge in [0.1, 0.15) is 5.75 Å². The van der Waals surface area contributed by atoms with Gasteiger partial charge < -0.3 is 24.2 Å². The van der Waals surface area contributed by atoms with Crippen LogP contribution in [-0.2, 0) is 9.59 Å². The summed E-state index contributed by atoms with van der Waals surface area (Å²) in [7, 11) is 0. The van der Waals surface area contributed by atoms with Crippen molar-refractivity contribution in [2.24, 2.45) is 0 Å². The predicted octanol–water partition coefficient (Wildman–Crippen LogP) is 4.47. The number of carbonyl (C=O) groups excluding carboxylic acids is 2. The fourth-order valence-corrected chi connectivity index (χ4v) is 3.53. The van der Waals surface area contributed by atoms with E-state index < -0.39 is 12.6 Å². The molecular formula is C27H33NO7. The van der Waals surface area contributed by atoms with Crippen LogP contribution >= 0.6 is 0 Å². The average Bonchev–Trinajstić information content (AvgIpc) is 2.80. The van der Waals surface area contributed by atoms with E-state index in [1.54, 1.807) is 53.4 Å². The van der Waals surface area contributed by atoms with Crippen LogP contribution in [0.1, 0.15) is 50.5 Å².